The van der Waals surface area contributed by atoms with Gasteiger partial charge in [0.2, 0.25) is 5.89 Å². The number of aromatic nitrogens is 2. The summed E-state index contributed by atoms with van der Waals surface area (Å²) in [5, 5.41) is 3.87. The van der Waals surface area contributed by atoms with Gasteiger partial charge in [0.05, 0.1) is 26.2 Å². The third-order valence-corrected chi connectivity index (χ3v) is 2.27. The number of quaternary nitrogens is 1. The van der Waals surface area contributed by atoms with E-state index in [1.165, 1.54) is 4.90 Å². The number of rotatable bonds is 1. The Kier molecular flexibility index (Phi) is 2.18. The van der Waals surface area contributed by atoms with E-state index in [2.05, 4.69) is 22.1 Å². The largest absolute Gasteiger partial charge is 0.465 e. The lowest BCUT2D eigenvalue weighted by Crippen LogP contribution is -3.10. The molecule has 0 radical (unpaired) electrons. The van der Waals surface area contributed by atoms with Crippen molar-refractivity contribution in [2.75, 3.05) is 31.1 Å². The van der Waals surface area contributed by atoms with Gasteiger partial charge >= 0.3 is 0 Å². The van der Waals surface area contributed by atoms with Gasteiger partial charge in [0, 0.05) is 6.92 Å². The number of nitrogens with one attached hydrogen (secondary N) is 1. The van der Waals surface area contributed by atoms with Crippen LogP contribution in [-0.2, 0) is 0 Å². The van der Waals surface area contributed by atoms with Crippen molar-refractivity contribution < 1.29 is 9.42 Å². The van der Waals surface area contributed by atoms with Crippen molar-refractivity contribution in [3.8, 4) is 0 Å². The van der Waals surface area contributed by atoms with Crippen molar-refractivity contribution in [1.82, 2.24) is 10.1 Å². The molecule has 1 aromatic rings. The summed E-state index contributed by atoms with van der Waals surface area (Å²) < 4.78 is 4.92. The Balaban J connectivity index is 2.02. The number of aryl methyl sites for hydroxylation is 1. The molecule has 1 aliphatic heterocycles. The summed E-state index contributed by atoms with van der Waals surface area (Å²) in [4.78, 5) is 7.62. The maximum absolute atomic E-state index is 4.92. The second-order valence-corrected chi connectivity index (χ2v) is 3.35. The quantitative estimate of drug-likeness (QED) is 0.559. The van der Waals surface area contributed by atoms with Crippen molar-refractivity contribution in [3.63, 3.8) is 0 Å². The first-order valence-electron chi connectivity index (χ1n) is 4.47. The minimum atomic E-state index is 0.624. The molecule has 0 bridgehead atoms. The number of nitrogens with zero attached hydrogens (tertiary/aromatic N) is 3. The highest BCUT2D eigenvalue weighted by atomic mass is 16.5. The third kappa shape index (κ3) is 1.80. The zero-order valence-corrected chi connectivity index (χ0v) is 7.79. The molecule has 0 saturated carbocycles. The van der Waals surface area contributed by atoms with E-state index in [4.69, 9.17) is 4.52 Å². The average molecular weight is 182 g/mol. The van der Waals surface area contributed by atoms with Crippen LogP contribution in [0.25, 0.3) is 0 Å². The Morgan fingerprint density at radius 2 is 2.15 bits per heavy atom. The monoisotopic (exact) mass is 182 g/mol. The van der Waals surface area contributed by atoms with E-state index in [0.717, 1.165) is 26.2 Å². The Labute approximate surface area is 77.3 Å². The van der Waals surface area contributed by atoms with Crippen LogP contribution in [0, 0.1) is 14.0 Å². The first kappa shape index (κ1) is 8.50. The molecule has 5 nitrogen and oxygen atoms in total. The lowest BCUT2D eigenvalue weighted by Gasteiger charge is -2.32. The molecule has 0 spiro atoms. The van der Waals surface area contributed by atoms with Gasteiger partial charge in [-0.25, -0.2) is 0 Å². The summed E-state index contributed by atoms with van der Waals surface area (Å²) in [7, 11) is 3.96. The first-order chi connectivity index (χ1) is 6.25. The molecule has 0 atom stereocenters. The molecule has 0 unspecified atom stereocenters. The highest BCUT2D eigenvalue weighted by molar-refractivity contribution is 5.27. The molecule has 2 rings (SSSR count). The van der Waals surface area contributed by atoms with Gasteiger partial charge in [-0.1, -0.05) is 0 Å². The number of piperazine rings is 1. The fourth-order valence-electron chi connectivity index (χ4n) is 1.44. The molecule has 0 amide bonds. The zero-order valence-electron chi connectivity index (χ0n) is 7.79. The predicted molar refractivity (Wildman–Crippen MR) is 47.3 cm³/mol. The van der Waals surface area contributed by atoms with E-state index in [1.807, 2.05) is 0 Å². The Hall–Kier alpha value is -1.10. The van der Waals surface area contributed by atoms with Gasteiger partial charge in [-0.05, 0) is 5.16 Å². The number of hydrogen-bond acceptors (Lipinski definition) is 4. The van der Waals surface area contributed by atoms with Crippen molar-refractivity contribution in [2.45, 2.75) is 6.92 Å². The first-order valence-corrected chi connectivity index (χ1v) is 4.47. The maximum atomic E-state index is 4.92. The van der Waals surface area contributed by atoms with Crippen LogP contribution in [-0.4, -0.2) is 36.3 Å². The van der Waals surface area contributed by atoms with Crippen LogP contribution < -0.4 is 9.80 Å². The lowest BCUT2D eigenvalue weighted by atomic mass is 10.3. The Morgan fingerprint density at radius 3 is 2.69 bits per heavy atom. The molecule has 13 heavy (non-hydrogen) atoms. The third-order valence-electron chi connectivity index (χ3n) is 2.27. The fraction of sp³-hybridized carbons (Fsp3) is 0.625. The van der Waals surface area contributed by atoms with E-state index in [0.29, 0.717) is 11.8 Å². The maximum Gasteiger partial charge on any atom is 0.266 e. The highest BCUT2D eigenvalue weighted by Crippen LogP contribution is 2.07. The highest BCUT2D eigenvalue weighted by Gasteiger charge is 2.18. The molecule has 0 aromatic carbocycles. The van der Waals surface area contributed by atoms with Gasteiger partial charge in [-0.15, -0.1) is 0 Å². The molecule has 1 aromatic heterocycles. The summed E-state index contributed by atoms with van der Waals surface area (Å²) >= 11 is 0. The molecular weight excluding hydrogens is 168 g/mol. The fourth-order valence-corrected chi connectivity index (χ4v) is 1.44. The van der Waals surface area contributed by atoms with Crippen molar-refractivity contribution in [3.05, 3.63) is 12.9 Å². The standard InChI is InChI=1S/C8H14N4O/c1-7-9-8(10-13-7)12-5-3-11(2)4-6-12/h11H,2-6H2,1H3. The van der Waals surface area contributed by atoms with Crippen LogP contribution in [0.15, 0.2) is 4.52 Å². The van der Waals surface area contributed by atoms with Gasteiger partial charge < -0.3 is 14.3 Å². The van der Waals surface area contributed by atoms with Crippen LogP contribution in [0.5, 0.6) is 0 Å². The second kappa shape index (κ2) is 3.33. The van der Waals surface area contributed by atoms with Crippen LogP contribution in [0.4, 0.5) is 5.95 Å². The lowest BCUT2D eigenvalue weighted by molar-refractivity contribution is -0.854. The van der Waals surface area contributed by atoms with Gasteiger partial charge in [-0.2, -0.15) is 12.0 Å². The van der Waals surface area contributed by atoms with Crippen LogP contribution >= 0.6 is 0 Å². The topological polar surface area (TPSA) is 46.6 Å². The summed E-state index contributed by atoms with van der Waals surface area (Å²) in [6, 6.07) is 0. The van der Waals surface area contributed by atoms with Gasteiger partial charge in [0.15, 0.2) is 0 Å². The van der Waals surface area contributed by atoms with E-state index in [-0.39, 0.29) is 0 Å². The van der Waals surface area contributed by atoms with Crippen LogP contribution in [0.2, 0.25) is 0 Å². The van der Waals surface area contributed by atoms with E-state index < -0.39 is 0 Å². The van der Waals surface area contributed by atoms with E-state index >= 15 is 0 Å². The van der Waals surface area contributed by atoms with Crippen molar-refractivity contribution in [1.29, 1.82) is 0 Å². The zero-order chi connectivity index (χ0) is 9.26. The van der Waals surface area contributed by atoms with Crippen LogP contribution in [0.1, 0.15) is 5.89 Å². The van der Waals surface area contributed by atoms with Gasteiger partial charge in [-0.3, -0.25) is 0 Å². The molecule has 1 aliphatic rings. The minimum absolute atomic E-state index is 0.624. The Morgan fingerprint density at radius 1 is 1.46 bits per heavy atom. The molecule has 0 aliphatic carbocycles. The molecule has 1 saturated heterocycles. The van der Waals surface area contributed by atoms with Gasteiger partial charge in [0.25, 0.3) is 5.95 Å². The minimum Gasteiger partial charge on any atom is -0.465 e. The van der Waals surface area contributed by atoms with Crippen molar-refractivity contribution >= 4 is 5.95 Å². The number of anilines is 1. The van der Waals surface area contributed by atoms with E-state index in [9.17, 15) is 0 Å². The summed E-state index contributed by atoms with van der Waals surface area (Å²) in [6.07, 6.45) is 0. The second-order valence-electron chi connectivity index (χ2n) is 3.35. The molecule has 1 N–H and O–H groups in total. The SMILES string of the molecule is [CH2-][NH+]1CCN(c2noc(C)n2)CC1. The summed E-state index contributed by atoms with van der Waals surface area (Å²) in [5.41, 5.74) is 0. The van der Waals surface area contributed by atoms with E-state index in [1.54, 1.807) is 6.92 Å². The normalized spacial score (nSPS) is 19.4. The van der Waals surface area contributed by atoms with Gasteiger partial charge in [0.1, 0.15) is 0 Å². The molecule has 72 valence electrons. The summed E-state index contributed by atoms with van der Waals surface area (Å²) in [6.45, 7) is 5.79. The Bertz CT molecular complexity index is 277. The molecular formula is C8H14N4O. The smallest absolute Gasteiger partial charge is 0.266 e. The number of hydrogen-bond donors (Lipinski definition) is 1. The average Bonchev–Trinajstić information content (AvgIpc) is 2.53. The molecule has 1 fully saturated rings. The van der Waals surface area contributed by atoms with Crippen LogP contribution in [0.3, 0.4) is 0 Å². The summed E-state index contributed by atoms with van der Waals surface area (Å²) in [5.74, 6) is 1.34. The van der Waals surface area contributed by atoms with Crippen molar-refractivity contribution in [2.24, 2.45) is 0 Å². The molecule has 2 heterocycles. The predicted octanol–water partition coefficient (Wildman–Crippen LogP) is -1.13. The molecule has 5 heteroatoms.